The fourth-order valence-corrected chi connectivity index (χ4v) is 3.00. The van der Waals surface area contributed by atoms with Gasteiger partial charge < -0.3 is 10.7 Å². The second kappa shape index (κ2) is 6.72. The Bertz CT molecular complexity index is 617. The molecule has 110 valence electrons. The molecule has 1 aromatic rings. The standard InChI is InChI=1S/C17H19ClN2O/c1-11(12-6-4-3-5-7-12)17(20-2)15-14(19)9-8-13(10-21)16(15)18/h3-7,10-11,19-20H,8-9H2,1-2H3/b17-15+,19-14?. The SMILES string of the molecule is CN/C(=C1\C(=N)CCC(C=O)=C1Cl)C(C)c1ccccc1. The van der Waals surface area contributed by atoms with E-state index in [-0.39, 0.29) is 5.92 Å². The number of hydrogen-bond acceptors (Lipinski definition) is 3. The predicted octanol–water partition coefficient (Wildman–Crippen LogP) is 3.77. The van der Waals surface area contributed by atoms with Crippen LogP contribution >= 0.6 is 11.6 Å². The molecule has 2 N–H and O–H groups in total. The second-order valence-corrected chi connectivity index (χ2v) is 5.48. The van der Waals surface area contributed by atoms with Crippen molar-refractivity contribution in [1.82, 2.24) is 5.32 Å². The van der Waals surface area contributed by atoms with Crippen molar-refractivity contribution in [3.05, 3.63) is 57.8 Å². The number of carbonyl (C=O) groups is 1. The van der Waals surface area contributed by atoms with Crippen LogP contribution in [0, 0.1) is 5.41 Å². The van der Waals surface area contributed by atoms with E-state index in [2.05, 4.69) is 12.2 Å². The zero-order valence-corrected chi connectivity index (χ0v) is 13.0. The minimum absolute atomic E-state index is 0.0753. The Morgan fingerprint density at radius 1 is 1.33 bits per heavy atom. The highest BCUT2D eigenvalue weighted by molar-refractivity contribution is 6.38. The third kappa shape index (κ3) is 3.08. The Labute approximate surface area is 130 Å². The predicted molar refractivity (Wildman–Crippen MR) is 86.8 cm³/mol. The van der Waals surface area contributed by atoms with Gasteiger partial charge in [-0.15, -0.1) is 0 Å². The molecule has 0 radical (unpaired) electrons. The summed E-state index contributed by atoms with van der Waals surface area (Å²) in [6.45, 7) is 2.07. The Hall–Kier alpha value is -1.87. The van der Waals surface area contributed by atoms with E-state index in [4.69, 9.17) is 17.0 Å². The lowest BCUT2D eigenvalue weighted by Gasteiger charge is -2.25. The topological polar surface area (TPSA) is 53.0 Å². The Morgan fingerprint density at radius 3 is 2.57 bits per heavy atom. The van der Waals surface area contributed by atoms with Gasteiger partial charge in [0, 0.05) is 35.5 Å². The quantitative estimate of drug-likeness (QED) is 0.832. The number of halogens is 1. The van der Waals surface area contributed by atoms with Gasteiger partial charge in [-0.05, 0) is 18.4 Å². The first-order valence-corrected chi connectivity index (χ1v) is 7.36. The van der Waals surface area contributed by atoms with Gasteiger partial charge in [-0.25, -0.2) is 0 Å². The van der Waals surface area contributed by atoms with Gasteiger partial charge in [0.2, 0.25) is 0 Å². The van der Waals surface area contributed by atoms with Gasteiger partial charge in [-0.2, -0.15) is 0 Å². The molecule has 0 saturated heterocycles. The molecule has 0 aromatic heterocycles. The van der Waals surface area contributed by atoms with Crippen LogP contribution in [0.4, 0.5) is 0 Å². The number of nitrogens with one attached hydrogen (secondary N) is 2. The third-order valence-corrected chi connectivity index (χ3v) is 4.29. The van der Waals surface area contributed by atoms with Crippen molar-refractivity contribution in [1.29, 1.82) is 5.41 Å². The highest BCUT2D eigenvalue weighted by atomic mass is 35.5. The van der Waals surface area contributed by atoms with Crippen LogP contribution in [0.3, 0.4) is 0 Å². The van der Waals surface area contributed by atoms with E-state index in [1.807, 2.05) is 37.4 Å². The molecular weight excluding hydrogens is 284 g/mol. The van der Waals surface area contributed by atoms with Gasteiger partial charge in [-0.1, -0.05) is 48.9 Å². The van der Waals surface area contributed by atoms with Gasteiger partial charge in [0.15, 0.2) is 0 Å². The smallest absolute Gasteiger partial charge is 0.147 e. The van der Waals surface area contributed by atoms with E-state index in [1.54, 1.807) is 0 Å². The average Bonchev–Trinajstić information content (AvgIpc) is 2.52. The van der Waals surface area contributed by atoms with Gasteiger partial charge >= 0.3 is 0 Å². The molecule has 1 unspecified atom stereocenters. The average molecular weight is 303 g/mol. The van der Waals surface area contributed by atoms with E-state index in [9.17, 15) is 4.79 Å². The van der Waals surface area contributed by atoms with Gasteiger partial charge in [-0.3, -0.25) is 4.79 Å². The van der Waals surface area contributed by atoms with Crippen molar-refractivity contribution in [2.24, 2.45) is 0 Å². The molecule has 0 saturated carbocycles. The summed E-state index contributed by atoms with van der Waals surface area (Å²) in [7, 11) is 1.83. The Kier molecular flexibility index (Phi) is 4.97. The van der Waals surface area contributed by atoms with Crippen molar-refractivity contribution in [2.45, 2.75) is 25.7 Å². The number of allylic oxidation sites excluding steroid dienone is 4. The zero-order chi connectivity index (χ0) is 15.4. The maximum atomic E-state index is 11.1. The summed E-state index contributed by atoms with van der Waals surface area (Å²) in [6, 6.07) is 10.1. The number of aldehydes is 1. The first-order chi connectivity index (χ1) is 10.1. The van der Waals surface area contributed by atoms with E-state index >= 15 is 0 Å². The van der Waals surface area contributed by atoms with Gasteiger partial charge in [0.25, 0.3) is 0 Å². The maximum Gasteiger partial charge on any atom is 0.147 e. The number of benzene rings is 1. The lowest BCUT2D eigenvalue weighted by Crippen LogP contribution is -2.22. The molecule has 1 atom stereocenters. The monoisotopic (exact) mass is 302 g/mol. The van der Waals surface area contributed by atoms with Gasteiger partial charge in [0.05, 0.1) is 5.03 Å². The van der Waals surface area contributed by atoms with Crippen LogP contribution in [-0.4, -0.2) is 19.0 Å². The largest absolute Gasteiger partial charge is 0.390 e. The lowest BCUT2D eigenvalue weighted by molar-refractivity contribution is -0.105. The highest BCUT2D eigenvalue weighted by Gasteiger charge is 2.26. The number of likely N-dealkylation sites (N-methyl/N-ethyl adjacent to an activating group) is 1. The fraction of sp³-hybridized carbons (Fsp3) is 0.294. The summed E-state index contributed by atoms with van der Waals surface area (Å²) in [6.07, 6.45) is 1.89. The summed E-state index contributed by atoms with van der Waals surface area (Å²) in [5.74, 6) is 0.0753. The summed E-state index contributed by atoms with van der Waals surface area (Å²) < 4.78 is 0. The van der Waals surface area contributed by atoms with Crippen LogP contribution in [0.5, 0.6) is 0 Å². The summed E-state index contributed by atoms with van der Waals surface area (Å²) >= 11 is 6.36. The van der Waals surface area contributed by atoms with Gasteiger partial charge in [0.1, 0.15) is 6.29 Å². The molecule has 2 rings (SSSR count). The molecule has 3 nitrogen and oxygen atoms in total. The molecule has 0 fully saturated rings. The van der Waals surface area contributed by atoms with Crippen molar-refractivity contribution in [2.75, 3.05) is 7.05 Å². The fourth-order valence-electron chi connectivity index (χ4n) is 2.65. The van der Waals surface area contributed by atoms with Crippen LogP contribution < -0.4 is 5.32 Å². The normalized spacial score (nSPS) is 19.3. The molecule has 0 amide bonds. The zero-order valence-electron chi connectivity index (χ0n) is 12.2. The first-order valence-electron chi connectivity index (χ1n) is 6.99. The summed E-state index contributed by atoms with van der Waals surface area (Å²) in [5, 5.41) is 11.8. The van der Waals surface area contributed by atoms with Crippen LogP contribution in [0.15, 0.2) is 52.2 Å². The summed E-state index contributed by atoms with van der Waals surface area (Å²) in [5.41, 5.74) is 3.76. The molecule has 0 heterocycles. The molecule has 0 aliphatic heterocycles. The van der Waals surface area contributed by atoms with Crippen LogP contribution in [-0.2, 0) is 4.79 Å². The van der Waals surface area contributed by atoms with Crippen LogP contribution in [0.25, 0.3) is 0 Å². The molecule has 0 spiro atoms. The minimum Gasteiger partial charge on any atom is -0.390 e. The maximum absolute atomic E-state index is 11.1. The summed E-state index contributed by atoms with van der Waals surface area (Å²) in [4.78, 5) is 11.1. The molecule has 1 aromatic carbocycles. The molecule has 21 heavy (non-hydrogen) atoms. The molecule has 1 aliphatic rings. The Balaban J connectivity index is 2.56. The van der Waals surface area contributed by atoms with Crippen LogP contribution in [0.2, 0.25) is 0 Å². The van der Waals surface area contributed by atoms with E-state index in [0.29, 0.717) is 34.7 Å². The van der Waals surface area contributed by atoms with Crippen LogP contribution in [0.1, 0.15) is 31.2 Å². The Morgan fingerprint density at radius 2 is 2.00 bits per heavy atom. The molecule has 0 bridgehead atoms. The number of carbonyl (C=O) groups excluding carboxylic acids is 1. The van der Waals surface area contributed by atoms with E-state index in [1.165, 1.54) is 0 Å². The van der Waals surface area contributed by atoms with Crippen molar-refractivity contribution < 1.29 is 4.79 Å². The van der Waals surface area contributed by atoms with Crippen molar-refractivity contribution in [3.63, 3.8) is 0 Å². The lowest BCUT2D eigenvalue weighted by atomic mass is 9.87. The number of rotatable bonds is 4. The molecular formula is C17H19ClN2O. The van der Waals surface area contributed by atoms with Crippen molar-refractivity contribution in [3.8, 4) is 0 Å². The first kappa shape index (κ1) is 15.5. The minimum atomic E-state index is 0.0753. The third-order valence-electron chi connectivity index (χ3n) is 3.86. The number of hydrogen-bond donors (Lipinski definition) is 2. The molecule has 1 aliphatic carbocycles. The molecule has 4 heteroatoms. The second-order valence-electron chi connectivity index (χ2n) is 5.11. The highest BCUT2D eigenvalue weighted by Crippen LogP contribution is 2.35. The van der Waals surface area contributed by atoms with Crippen molar-refractivity contribution >= 4 is 23.6 Å². The van der Waals surface area contributed by atoms with E-state index < -0.39 is 0 Å². The van der Waals surface area contributed by atoms with E-state index in [0.717, 1.165) is 17.5 Å².